The highest BCUT2D eigenvalue weighted by atomic mass is 35.5. The van der Waals surface area contributed by atoms with E-state index in [0.29, 0.717) is 5.82 Å². The lowest BCUT2D eigenvalue weighted by atomic mass is 10.4. The van der Waals surface area contributed by atoms with E-state index in [4.69, 9.17) is 11.6 Å². The SMILES string of the molecule is Cc1nc(NC(=O)c2ccc(Cl)nn2)n[nH]1. The third-order valence-electron chi connectivity index (χ3n) is 1.69. The fourth-order valence-electron chi connectivity index (χ4n) is 1.00. The summed E-state index contributed by atoms with van der Waals surface area (Å²) in [6.45, 7) is 1.73. The Labute approximate surface area is 95.3 Å². The van der Waals surface area contributed by atoms with Crippen LogP contribution < -0.4 is 5.32 Å². The maximum Gasteiger partial charge on any atom is 0.278 e. The minimum Gasteiger partial charge on any atom is -0.288 e. The number of aryl methyl sites for hydroxylation is 1. The zero-order valence-corrected chi connectivity index (χ0v) is 8.99. The molecule has 2 N–H and O–H groups in total. The molecule has 0 aliphatic heterocycles. The summed E-state index contributed by atoms with van der Waals surface area (Å²) in [5.74, 6) is 0.361. The number of halogens is 1. The smallest absolute Gasteiger partial charge is 0.278 e. The molecule has 0 saturated heterocycles. The Balaban J connectivity index is 2.11. The molecule has 0 fully saturated rings. The second-order valence-electron chi connectivity index (χ2n) is 2.94. The van der Waals surface area contributed by atoms with Crippen LogP contribution in [0.25, 0.3) is 0 Å². The van der Waals surface area contributed by atoms with Gasteiger partial charge in [0.2, 0.25) is 5.95 Å². The van der Waals surface area contributed by atoms with Gasteiger partial charge in [-0.25, -0.2) is 0 Å². The van der Waals surface area contributed by atoms with Crippen LogP contribution in [-0.4, -0.2) is 31.3 Å². The third-order valence-corrected chi connectivity index (χ3v) is 1.89. The van der Waals surface area contributed by atoms with Crippen LogP contribution in [0.4, 0.5) is 5.95 Å². The molecule has 82 valence electrons. The monoisotopic (exact) mass is 238 g/mol. The Bertz CT molecular complexity index is 508. The quantitative estimate of drug-likeness (QED) is 0.807. The molecule has 0 aliphatic rings. The highest BCUT2D eigenvalue weighted by molar-refractivity contribution is 6.29. The van der Waals surface area contributed by atoms with Crippen molar-refractivity contribution in [3.8, 4) is 0 Å². The zero-order valence-electron chi connectivity index (χ0n) is 8.23. The first-order chi connectivity index (χ1) is 7.65. The number of amides is 1. The van der Waals surface area contributed by atoms with Crippen LogP contribution >= 0.6 is 11.6 Å². The minimum atomic E-state index is -0.442. The standard InChI is InChI=1S/C8H7ClN6O/c1-4-10-8(15-12-4)11-7(16)5-2-3-6(9)14-13-5/h2-3H,1H3,(H2,10,11,12,15,16). The van der Waals surface area contributed by atoms with E-state index in [1.807, 2.05) is 0 Å². The Morgan fingerprint density at radius 2 is 2.25 bits per heavy atom. The first-order valence-corrected chi connectivity index (χ1v) is 4.72. The number of anilines is 1. The molecule has 0 aliphatic carbocycles. The molecule has 0 atom stereocenters. The van der Waals surface area contributed by atoms with Crippen molar-refractivity contribution in [2.75, 3.05) is 5.32 Å². The van der Waals surface area contributed by atoms with E-state index >= 15 is 0 Å². The van der Waals surface area contributed by atoms with Gasteiger partial charge in [-0.2, -0.15) is 4.98 Å². The van der Waals surface area contributed by atoms with Gasteiger partial charge in [0.05, 0.1) is 0 Å². The van der Waals surface area contributed by atoms with E-state index in [2.05, 4.69) is 30.7 Å². The largest absolute Gasteiger partial charge is 0.288 e. The molecule has 16 heavy (non-hydrogen) atoms. The van der Waals surface area contributed by atoms with E-state index in [1.54, 1.807) is 6.92 Å². The molecule has 1 amide bonds. The summed E-state index contributed by atoms with van der Waals surface area (Å²) in [6.07, 6.45) is 0. The summed E-state index contributed by atoms with van der Waals surface area (Å²) in [6, 6.07) is 2.94. The first kappa shape index (κ1) is 10.5. The highest BCUT2D eigenvalue weighted by Crippen LogP contribution is 2.04. The number of nitrogens with one attached hydrogen (secondary N) is 2. The predicted molar refractivity (Wildman–Crippen MR) is 56.1 cm³/mol. The molecule has 0 bridgehead atoms. The maximum atomic E-state index is 11.6. The number of aromatic amines is 1. The van der Waals surface area contributed by atoms with Gasteiger partial charge < -0.3 is 0 Å². The first-order valence-electron chi connectivity index (χ1n) is 4.35. The van der Waals surface area contributed by atoms with Gasteiger partial charge in [0.1, 0.15) is 5.82 Å². The van der Waals surface area contributed by atoms with Gasteiger partial charge in [0, 0.05) is 0 Å². The number of carbonyl (C=O) groups is 1. The topological polar surface area (TPSA) is 96.5 Å². The van der Waals surface area contributed by atoms with Gasteiger partial charge in [0.15, 0.2) is 10.8 Å². The lowest BCUT2D eigenvalue weighted by Gasteiger charge is -1.98. The summed E-state index contributed by atoms with van der Waals surface area (Å²) in [4.78, 5) is 15.5. The van der Waals surface area contributed by atoms with Crippen LogP contribution in [0.1, 0.15) is 16.3 Å². The van der Waals surface area contributed by atoms with E-state index < -0.39 is 5.91 Å². The van der Waals surface area contributed by atoms with E-state index in [9.17, 15) is 4.79 Å². The Hall–Kier alpha value is -2.02. The van der Waals surface area contributed by atoms with Crippen LogP contribution in [0.15, 0.2) is 12.1 Å². The molecule has 0 aromatic carbocycles. The van der Waals surface area contributed by atoms with Crippen LogP contribution in [0.2, 0.25) is 5.15 Å². The van der Waals surface area contributed by atoms with Crippen molar-refractivity contribution in [2.45, 2.75) is 6.92 Å². The van der Waals surface area contributed by atoms with Crippen molar-refractivity contribution in [1.82, 2.24) is 25.4 Å². The highest BCUT2D eigenvalue weighted by Gasteiger charge is 2.10. The van der Waals surface area contributed by atoms with Crippen LogP contribution in [0, 0.1) is 6.92 Å². The average Bonchev–Trinajstić information content (AvgIpc) is 2.65. The fourth-order valence-corrected chi connectivity index (χ4v) is 1.10. The normalized spacial score (nSPS) is 10.1. The van der Waals surface area contributed by atoms with Gasteiger partial charge in [0.25, 0.3) is 5.91 Å². The van der Waals surface area contributed by atoms with Crippen molar-refractivity contribution in [3.63, 3.8) is 0 Å². The van der Waals surface area contributed by atoms with Crippen molar-refractivity contribution in [1.29, 1.82) is 0 Å². The van der Waals surface area contributed by atoms with Crippen molar-refractivity contribution in [3.05, 3.63) is 28.8 Å². The summed E-state index contributed by atoms with van der Waals surface area (Å²) in [5, 5.41) is 16.2. The zero-order chi connectivity index (χ0) is 11.5. The molecule has 0 saturated carbocycles. The summed E-state index contributed by atoms with van der Waals surface area (Å²) in [7, 11) is 0. The molecule has 2 heterocycles. The van der Waals surface area contributed by atoms with E-state index in [-0.39, 0.29) is 16.8 Å². The number of hydrogen-bond donors (Lipinski definition) is 2. The van der Waals surface area contributed by atoms with Crippen LogP contribution in [-0.2, 0) is 0 Å². The van der Waals surface area contributed by atoms with Crippen LogP contribution in [0.3, 0.4) is 0 Å². The number of hydrogen-bond acceptors (Lipinski definition) is 5. The van der Waals surface area contributed by atoms with Gasteiger partial charge in [-0.3, -0.25) is 15.2 Å². The lowest BCUT2D eigenvalue weighted by Crippen LogP contribution is -2.15. The minimum absolute atomic E-state index is 0.145. The number of H-pyrrole nitrogens is 1. The number of rotatable bonds is 2. The summed E-state index contributed by atoms with van der Waals surface area (Å²) in [5.41, 5.74) is 0.145. The second-order valence-corrected chi connectivity index (χ2v) is 3.33. The predicted octanol–water partition coefficient (Wildman–Crippen LogP) is 0.809. The second kappa shape index (κ2) is 4.23. The Kier molecular flexibility index (Phi) is 2.78. The Morgan fingerprint density at radius 3 is 2.81 bits per heavy atom. The lowest BCUT2D eigenvalue weighted by molar-refractivity contribution is 0.102. The van der Waals surface area contributed by atoms with Gasteiger partial charge >= 0.3 is 0 Å². The Morgan fingerprint density at radius 1 is 1.44 bits per heavy atom. The van der Waals surface area contributed by atoms with Crippen molar-refractivity contribution < 1.29 is 4.79 Å². The molecule has 0 spiro atoms. The molecule has 7 nitrogen and oxygen atoms in total. The van der Waals surface area contributed by atoms with E-state index in [1.165, 1.54) is 12.1 Å². The number of aromatic nitrogens is 5. The van der Waals surface area contributed by atoms with Gasteiger partial charge in [-0.1, -0.05) is 11.6 Å². The molecule has 2 aromatic rings. The molecule has 2 rings (SSSR count). The van der Waals surface area contributed by atoms with Gasteiger partial charge in [-0.05, 0) is 19.1 Å². The van der Waals surface area contributed by atoms with Crippen LogP contribution in [0.5, 0.6) is 0 Å². The molecule has 2 aromatic heterocycles. The molecular formula is C8H7ClN6O. The molecule has 0 unspecified atom stereocenters. The maximum absolute atomic E-state index is 11.6. The number of carbonyl (C=O) groups excluding carboxylic acids is 1. The molecular weight excluding hydrogens is 232 g/mol. The van der Waals surface area contributed by atoms with E-state index in [0.717, 1.165) is 0 Å². The van der Waals surface area contributed by atoms with Gasteiger partial charge in [-0.15, -0.1) is 15.3 Å². The molecule has 0 radical (unpaired) electrons. The summed E-state index contributed by atoms with van der Waals surface area (Å²) < 4.78 is 0. The number of nitrogens with zero attached hydrogens (tertiary/aromatic N) is 4. The van der Waals surface area contributed by atoms with Crippen molar-refractivity contribution >= 4 is 23.5 Å². The molecule has 8 heteroatoms. The third kappa shape index (κ3) is 2.31. The fraction of sp³-hybridized carbons (Fsp3) is 0.125. The average molecular weight is 239 g/mol. The summed E-state index contributed by atoms with van der Waals surface area (Å²) >= 11 is 5.54. The van der Waals surface area contributed by atoms with Crippen molar-refractivity contribution in [2.24, 2.45) is 0 Å².